The van der Waals surface area contributed by atoms with Gasteiger partial charge < -0.3 is 5.32 Å². The number of hydrogen-bond acceptors (Lipinski definition) is 7. The molecule has 1 N–H and O–H groups in total. The number of rotatable bonds is 5. The molecule has 30 heavy (non-hydrogen) atoms. The number of carbonyl (C=O) groups excluding carboxylic acids is 3. The first-order chi connectivity index (χ1) is 14.4. The molecule has 4 rings (SSSR count). The number of imide groups is 1. The van der Waals surface area contributed by atoms with E-state index in [-0.39, 0.29) is 12.5 Å². The molecule has 2 heterocycles. The number of carbonyl (C=O) groups is 3. The van der Waals surface area contributed by atoms with Crippen molar-refractivity contribution in [3.05, 3.63) is 53.6 Å². The Balaban J connectivity index is 1.50. The van der Waals surface area contributed by atoms with Crippen molar-refractivity contribution in [1.82, 2.24) is 5.01 Å². The van der Waals surface area contributed by atoms with E-state index in [4.69, 9.17) is 0 Å². The van der Waals surface area contributed by atoms with Crippen molar-refractivity contribution in [3.8, 4) is 0 Å². The van der Waals surface area contributed by atoms with Crippen molar-refractivity contribution in [1.29, 1.82) is 0 Å². The van der Waals surface area contributed by atoms with Crippen molar-refractivity contribution < 1.29 is 14.4 Å². The minimum atomic E-state index is -0.925. The van der Waals surface area contributed by atoms with Crippen molar-refractivity contribution in [2.75, 3.05) is 23.0 Å². The first kappa shape index (κ1) is 20.1. The van der Waals surface area contributed by atoms with Crippen LogP contribution in [-0.2, 0) is 14.4 Å². The van der Waals surface area contributed by atoms with E-state index in [1.165, 1.54) is 5.01 Å². The van der Waals surface area contributed by atoms with E-state index in [0.717, 1.165) is 20.9 Å². The highest BCUT2D eigenvalue weighted by atomic mass is 32.2. The van der Waals surface area contributed by atoms with Crippen molar-refractivity contribution in [2.24, 2.45) is 10.3 Å². The third kappa shape index (κ3) is 3.68. The van der Waals surface area contributed by atoms with Crippen LogP contribution in [0.2, 0.25) is 0 Å². The van der Waals surface area contributed by atoms with E-state index < -0.39 is 23.9 Å². The van der Waals surface area contributed by atoms with Crippen LogP contribution in [0, 0.1) is 13.8 Å². The van der Waals surface area contributed by atoms with E-state index >= 15 is 0 Å². The van der Waals surface area contributed by atoms with Crippen LogP contribution in [-0.4, -0.2) is 47.6 Å². The normalized spacial score (nSPS) is 20.1. The molecule has 1 saturated heterocycles. The lowest BCUT2D eigenvalue weighted by atomic mass is 10.1. The number of benzene rings is 2. The quantitative estimate of drug-likeness (QED) is 0.589. The Morgan fingerprint density at radius 3 is 2.53 bits per heavy atom. The Kier molecular flexibility index (Phi) is 5.29. The summed E-state index contributed by atoms with van der Waals surface area (Å²) in [5.41, 5.74) is 3.08. The molecule has 0 spiro atoms. The van der Waals surface area contributed by atoms with Crippen LogP contribution in [0.25, 0.3) is 0 Å². The van der Waals surface area contributed by atoms with Gasteiger partial charge in [0, 0.05) is 10.6 Å². The summed E-state index contributed by atoms with van der Waals surface area (Å²) >= 11 is 1.57. The number of fused-ring (bicyclic) bond motifs is 1. The van der Waals surface area contributed by atoms with Crippen LogP contribution in [0.5, 0.6) is 0 Å². The van der Waals surface area contributed by atoms with Gasteiger partial charge in [-0.1, -0.05) is 17.4 Å². The van der Waals surface area contributed by atoms with Gasteiger partial charge in [0.15, 0.2) is 12.1 Å². The molecule has 154 valence electrons. The highest BCUT2D eigenvalue weighted by molar-refractivity contribution is 7.98. The summed E-state index contributed by atoms with van der Waals surface area (Å²) in [4.78, 5) is 40.6. The van der Waals surface area contributed by atoms with Gasteiger partial charge in [-0.05, 0) is 61.6 Å². The summed E-state index contributed by atoms with van der Waals surface area (Å²) in [5.74, 6) is -1.18. The first-order valence-corrected chi connectivity index (χ1v) is 10.7. The van der Waals surface area contributed by atoms with Gasteiger partial charge in [-0.15, -0.1) is 11.8 Å². The van der Waals surface area contributed by atoms with Crippen LogP contribution in [0.3, 0.4) is 0 Å². The Bertz CT molecular complexity index is 1050. The largest absolute Gasteiger partial charge is 0.324 e. The number of nitrogens with one attached hydrogen (secondary N) is 1. The second kappa shape index (κ2) is 7.91. The number of thioether (sulfide) groups is 1. The zero-order valence-electron chi connectivity index (χ0n) is 16.8. The standard InChI is InChI=1S/C21H21N5O3S/c1-12-7-13(2)9-15(8-12)26-20(28)18-19(21(26)29)25(24-23-18)11-17(27)22-14-5-4-6-16(10-14)30-3/h4-10,18-19H,11H2,1-3H3,(H,22,27)/t18-,19+/m0/s1. The molecular formula is C21H21N5O3S. The zero-order chi connectivity index (χ0) is 21.4. The minimum Gasteiger partial charge on any atom is -0.324 e. The second-order valence-electron chi connectivity index (χ2n) is 7.33. The Hall–Kier alpha value is -3.20. The van der Waals surface area contributed by atoms with Crippen LogP contribution < -0.4 is 10.2 Å². The molecule has 0 saturated carbocycles. The monoisotopic (exact) mass is 423 g/mol. The average Bonchev–Trinajstić information content (AvgIpc) is 3.21. The maximum absolute atomic E-state index is 13.1. The molecule has 2 aliphatic heterocycles. The third-order valence-electron chi connectivity index (χ3n) is 4.98. The van der Waals surface area contributed by atoms with Gasteiger partial charge in [0.05, 0.1) is 5.69 Å². The number of nitrogens with zero attached hydrogens (tertiary/aromatic N) is 4. The van der Waals surface area contributed by atoms with Crippen LogP contribution in [0.4, 0.5) is 11.4 Å². The van der Waals surface area contributed by atoms with Gasteiger partial charge >= 0.3 is 0 Å². The topological polar surface area (TPSA) is 94.4 Å². The molecule has 2 aliphatic rings. The minimum absolute atomic E-state index is 0.173. The summed E-state index contributed by atoms with van der Waals surface area (Å²) in [6.45, 7) is 3.64. The fraction of sp³-hybridized carbons (Fsp3) is 0.286. The number of amides is 3. The van der Waals surface area contributed by atoms with Crippen molar-refractivity contribution in [2.45, 2.75) is 30.8 Å². The average molecular weight is 423 g/mol. The molecule has 9 heteroatoms. The van der Waals surface area contributed by atoms with Crippen LogP contribution >= 0.6 is 11.8 Å². The molecule has 3 amide bonds. The molecule has 2 aromatic carbocycles. The maximum Gasteiger partial charge on any atom is 0.263 e. The second-order valence-corrected chi connectivity index (χ2v) is 8.21. The van der Waals surface area contributed by atoms with Gasteiger partial charge in [-0.2, -0.15) is 5.11 Å². The molecule has 8 nitrogen and oxygen atoms in total. The molecule has 0 unspecified atom stereocenters. The Labute approximate surface area is 178 Å². The predicted octanol–water partition coefficient (Wildman–Crippen LogP) is 2.96. The van der Waals surface area contributed by atoms with E-state index in [2.05, 4.69) is 15.7 Å². The number of anilines is 2. The molecule has 0 radical (unpaired) electrons. The van der Waals surface area contributed by atoms with E-state index in [1.54, 1.807) is 30.0 Å². The summed E-state index contributed by atoms with van der Waals surface area (Å²) in [6.07, 6.45) is 1.95. The molecular weight excluding hydrogens is 402 g/mol. The number of aryl methyl sites for hydroxylation is 2. The van der Waals surface area contributed by atoms with Gasteiger partial charge in [0.1, 0.15) is 6.54 Å². The fourth-order valence-electron chi connectivity index (χ4n) is 3.74. The SMILES string of the molecule is CSc1cccc(NC(=O)CN2N=N[C@@H]3C(=O)N(c4cc(C)cc(C)c4)C(=O)[C@@H]32)c1. The van der Waals surface area contributed by atoms with E-state index in [1.807, 2.05) is 44.4 Å². The maximum atomic E-state index is 13.1. The van der Waals surface area contributed by atoms with E-state index in [9.17, 15) is 14.4 Å². The molecule has 1 fully saturated rings. The summed E-state index contributed by atoms with van der Waals surface area (Å²) in [6, 6.07) is 11.2. The lowest BCUT2D eigenvalue weighted by molar-refractivity contribution is -0.123. The van der Waals surface area contributed by atoms with Crippen LogP contribution in [0.1, 0.15) is 11.1 Å². The summed E-state index contributed by atoms with van der Waals surface area (Å²) in [7, 11) is 0. The van der Waals surface area contributed by atoms with Gasteiger partial charge in [-0.25, -0.2) is 4.90 Å². The van der Waals surface area contributed by atoms with E-state index in [0.29, 0.717) is 11.4 Å². The Morgan fingerprint density at radius 1 is 1.10 bits per heavy atom. The molecule has 2 aromatic rings. The number of hydrogen-bond donors (Lipinski definition) is 1. The zero-order valence-corrected chi connectivity index (χ0v) is 17.6. The summed E-state index contributed by atoms with van der Waals surface area (Å²) < 4.78 is 0. The van der Waals surface area contributed by atoms with Gasteiger partial charge in [0.25, 0.3) is 11.8 Å². The predicted molar refractivity (Wildman–Crippen MR) is 114 cm³/mol. The lowest BCUT2D eigenvalue weighted by Crippen LogP contribution is -2.43. The molecule has 2 atom stereocenters. The first-order valence-electron chi connectivity index (χ1n) is 9.45. The van der Waals surface area contributed by atoms with Crippen LogP contribution in [0.15, 0.2) is 57.7 Å². The lowest BCUT2D eigenvalue weighted by Gasteiger charge is -2.20. The smallest absolute Gasteiger partial charge is 0.263 e. The Morgan fingerprint density at radius 2 is 1.83 bits per heavy atom. The van der Waals surface area contributed by atoms with Gasteiger partial charge in [-0.3, -0.25) is 19.4 Å². The molecule has 0 bridgehead atoms. The highest BCUT2D eigenvalue weighted by Gasteiger charge is 2.55. The highest BCUT2D eigenvalue weighted by Crippen LogP contribution is 2.32. The van der Waals surface area contributed by atoms with Gasteiger partial charge in [0.2, 0.25) is 5.91 Å². The molecule has 0 aromatic heterocycles. The fourth-order valence-corrected chi connectivity index (χ4v) is 4.20. The summed E-state index contributed by atoms with van der Waals surface area (Å²) in [5, 5.41) is 12.0. The molecule has 0 aliphatic carbocycles. The van der Waals surface area contributed by atoms with Crippen molar-refractivity contribution >= 4 is 40.9 Å². The van der Waals surface area contributed by atoms with Crippen molar-refractivity contribution in [3.63, 3.8) is 0 Å². The third-order valence-corrected chi connectivity index (χ3v) is 5.71.